The van der Waals surface area contributed by atoms with E-state index >= 15 is 0 Å². The molecule has 0 spiro atoms. The van der Waals surface area contributed by atoms with E-state index in [0.717, 1.165) is 11.3 Å². The summed E-state index contributed by atoms with van der Waals surface area (Å²) in [7, 11) is 0. The van der Waals surface area contributed by atoms with Gasteiger partial charge in [0.1, 0.15) is 5.75 Å². The summed E-state index contributed by atoms with van der Waals surface area (Å²) < 4.78 is 7.46. The third kappa shape index (κ3) is 3.76. The number of thiazole rings is 1. The molecule has 4 rings (SSSR count). The molecule has 0 saturated heterocycles. The third-order valence-electron chi connectivity index (χ3n) is 3.92. The van der Waals surface area contributed by atoms with E-state index in [-0.39, 0.29) is 11.7 Å². The lowest BCUT2D eigenvalue weighted by Gasteiger charge is -2.09. The zero-order valence-electron chi connectivity index (χ0n) is 15.0. The van der Waals surface area contributed by atoms with Crippen LogP contribution in [0.4, 0.5) is 0 Å². The number of fused-ring (bicyclic) bond motifs is 1. The van der Waals surface area contributed by atoms with Crippen LogP contribution in [0.2, 0.25) is 10.0 Å². The van der Waals surface area contributed by atoms with E-state index in [0.29, 0.717) is 30.9 Å². The van der Waals surface area contributed by atoms with Gasteiger partial charge in [-0.3, -0.25) is 4.79 Å². The van der Waals surface area contributed by atoms with E-state index in [9.17, 15) is 4.79 Å². The molecule has 0 unspecified atom stereocenters. The Kier molecular flexibility index (Phi) is 5.10. The van der Waals surface area contributed by atoms with E-state index in [1.807, 2.05) is 38.1 Å². The quantitative estimate of drug-likeness (QED) is 0.478. The van der Waals surface area contributed by atoms with E-state index in [1.165, 1.54) is 15.9 Å². The highest BCUT2D eigenvalue weighted by molar-refractivity contribution is 7.15. The molecule has 0 amide bonds. The number of rotatable bonds is 4. The Hall–Kier alpha value is -2.41. The van der Waals surface area contributed by atoms with Gasteiger partial charge in [0.2, 0.25) is 4.96 Å². The first-order chi connectivity index (χ1) is 13.4. The SMILES string of the molecule is CC(C)Oc1ccc(-c2nc3sc(=Cc4ccc(Cl)cc4Cl)c(=O)n3n2)cc1. The van der Waals surface area contributed by atoms with E-state index in [1.54, 1.807) is 24.3 Å². The van der Waals surface area contributed by atoms with Crippen LogP contribution in [-0.4, -0.2) is 20.7 Å². The molecule has 0 aliphatic heterocycles. The van der Waals surface area contributed by atoms with Crippen molar-refractivity contribution < 1.29 is 4.74 Å². The number of halogens is 2. The molecule has 0 N–H and O–H groups in total. The predicted octanol–water partition coefficient (Wildman–Crippen LogP) is 4.46. The van der Waals surface area contributed by atoms with E-state index in [2.05, 4.69) is 10.1 Å². The molecule has 28 heavy (non-hydrogen) atoms. The second kappa shape index (κ2) is 7.54. The molecule has 0 fully saturated rings. The van der Waals surface area contributed by atoms with Crippen LogP contribution in [-0.2, 0) is 0 Å². The van der Waals surface area contributed by atoms with Crippen LogP contribution in [0.25, 0.3) is 22.4 Å². The highest BCUT2D eigenvalue weighted by Gasteiger charge is 2.12. The Labute approximate surface area is 174 Å². The maximum Gasteiger partial charge on any atom is 0.291 e. The summed E-state index contributed by atoms with van der Waals surface area (Å²) in [6.07, 6.45) is 1.83. The van der Waals surface area contributed by atoms with Crippen molar-refractivity contribution in [3.05, 3.63) is 73.0 Å². The Balaban J connectivity index is 1.70. The van der Waals surface area contributed by atoms with Gasteiger partial charge in [0, 0.05) is 15.6 Å². The Morgan fingerprint density at radius 1 is 1.14 bits per heavy atom. The number of benzene rings is 2. The average Bonchev–Trinajstić information content (AvgIpc) is 3.17. The number of nitrogens with zero attached hydrogens (tertiary/aromatic N) is 3. The minimum atomic E-state index is -0.232. The molecule has 2 heterocycles. The van der Waals surface area contributed by atoms with Gasteiger partial charge in [-0.25, -0.2) is 0 Å². The zero-order valence-corrected chi connectivity index (χ0v) is 17.3. The van der Waals surface area contributed by atoms with Gasteiger partial charge in [-0.1, -0.05) is 40.6 Å². The van der Waals surface area contributed by atoms with Gasteiger partial charge in [-0.05, 0) is 61.9 Å². The topological polar surface area (TPSA) is 56.5 Å². The molecule has 2 aromatic carbocycles. The summed E-state index contributed by atoms with van der Waals surface area (Å²) >= 11 is 13.4. The molecule has 0 aliphatic carbocycles. The van der Waals surface area contributed by atoms with Gasteiger partial charge in [0.15, 0.2) is 5.82 Å². The first kappa shape index (κ1) is 18.9. The normalized spacial score (nSPS) is 12.2. The van der Waals surface area contributed by atoms with Crippen LogP contribution in [0.15, 0.2) is 47.3 Å². The summed E-state index contributed by atoms with van der Waals surface area (Å²) in [4.78, 5) is 17.7. The van der Waals surface area contributed by atoms with Crippen molar-refractivity contribution in [2.45, 2.75) is 20.0 Å². The molecule has 2 aromatic heterocycles. The first-order valence-electron chi connectivity index (χ1n) is 8.54. The average molecular weight is 432 g/mol. The van der Waals surface area contributed by atoms with Crippen LogP contribution >= 0.6 is 34.5 Å². The molecular formula is C20H15Cl2N3O2S. The van der Waals surface area contributed by atoms with Crippen LogP contribution in [0.5, 0.6) is 5.75 Å². The van der Waals surface area contributed by atoms with Crippen molar-refractivity contribution in [2.24, 2.45) is 0 Å². The van der Waals surface area contributed by atoms with Crippen molar-refractivity contribution in [2.75, 3.05) is 0 Å². The fourth-order valence-corrected chi connectivity index (χ4v) is 4.03. The molecule has 0 bridgehead atoms. The van der Waals surface area contributed by atoms with Crippen molar-refractivity contribution in [1.29, 1.82) is 0 Å². The fraction of sp³-hybridized carbons (Fsp3) is 0.150. The van der Waals surface area contributed by atoms with Gasteiger partial charge in [-0.15, -0.1) is 5.10 Å². The summed E-state index contributed by atoms with van der Waals surface area (Å²) in [6.45, 7) is 3.95. The predicted molar refractivity (Wildman–Crippen MR) is 114 cm³/mol. The van der Waals surface area contributed by atoms with Crippen molar-refractivity contribution in [3.8, 4) is 17.1 Å². The summed E-state index contributed by atoms with van der Waals surface area (Å²) in [5.41, 5.74) is 1.30. The van der Waals surface area contributed by atoms with Crippen molar-refractivity contribution in [1.82, 2.24) is 14.6 Å². The smallest absolute Gasteiger partial charge is 0.291 e. The summed E-state index contributed by atoms with van der Waals surface area (Å²) in [6, 6.07) is 12.6. The maximum absolute atomic E-state index is 12.7. The highest BCUT2D eigenvalue weighted by atomic mass is 35.5. The lowest BCUT2D eigenvalue weighted by Crippen LogP contribution is -2.23. The van der Waals surface area contributed by atoms with Gasteiger partial charge in [0.05, 0.1) is 10.6 Å². The van der Waals surface area contributed by atoms with Gasteiger partial charge < -0.3 is 4.74 Å². The molecular weight excluding hydrogens is 417 g/mol. The molecule has 0 saturated carbocycles. The van der Waals surface area contributed by atoms with Gasteiger partial charge in [0.25, 0.3) is 5.56 Å². The second-order valence-corrected chi connectivity index (χ2v) is 8.26. The zero-order chi connectivity index (χ0) is 19.8. The molecule has 0 atom stereocenters. The van der Waals surface area contributed by atoms with Crippen molar-refractivity contribution >= 4 is 45.6 Å². The number of hydrogen-bond donors (Lipinski definition) is 0. The Morgan fingerprint density at radius 2 is 1.89 bits per heavy atom. The maximum atomic E-state index is 12.7. The highest BCUT2D eigenvalue weighted by Crippen LogP contribution is 2.23. The fourth-order valence-electron chi connectivity index (χ4n) is 2.67. The second-order valence-electron chi connectivity index (χ2n) is 6.40. The first-order valence-corrected chi connectivity index (χ1v) is 10.1. The molecule has 0 radical (unpaired) electrons. The third-order valence-corrected chi connectivity index (χ3v) is 5.44. The lowest BCUT2D eigenvalue weighted by molar-refractivity contribution is 0.242. The Morgan fingerprint density at radius 3 is 2.54 bits per heavy atom. The largest absolute Gasteiger partial charge is 0.491 e. The van der Waals surface area contributed by atoms with Crippen LogP contribution in [0.1, 0.15) is 19.4 Å². The van der Waals surface area contributed by atoms with Crippen LogP contribution in [0.3, 0.4) is 0 Å². The molecule has 142 valence electrons. The number of aromatic nitrogens is 3. The number of hydrogen-bond acceptors (Lipinski definition) is 5. The van der Waals surface area contributed by atoms with Crippen LogP contribution < -0.4 is 14.8 Å². The molecule has 5 nitrogen and oxygen atoms in total. The summed E-state index contributed by atoms with van der Waals surface area (Å²) in [5, 5.41) is 5.39. The molecule has 0 aliphatic rings. The summed E-state index contributed by atoms with van der Waals surface area (Å²) in [5.74, 6) is 1.27. The van der Waals surface area contributed by atoms with Crippen LogP contribution in [0, 0.1) is 0 Å². The monoisotopic (exact) mass is 431 g/mol. The van der Waals surface area contributed by atoms with E-state index < -0.39 is 0 Å². The van der Waals surface area contributed by atoms with Gasteiger partial charge in [-0.2, -0.15) is 9.50 Å². The minimum Gasteiger partial charge on any atom is -0.491 e. The Bertz CT molecular complexity index is 1260. The minimum absolute atomic E-state index is 0.105. The van der Waals surface area contributed by atoms with Crippen molar-refractivity contribution in [3.63, 3.8) is 0 Å². The standard InChI is InChI=1S/C20H15Cl2N3O2S/c1-11(2)27-15-7-4-12(5-8-15)18-23-20-25(24-18)19(26)17(28-20)9-13-3-6-14(21)10-16(13)22/h3-11H,1-2H3. The molecule has 8 heteroatoms. The number of ether oxygens (including phenoxy) is 1. The molecule has 4 aromatic rings. The van der Waals surface area contributed by atoms with E-state index in [4.69, 9.17) is 27.9 Å². The van der Waals surface area contributed by atoms with Gasteiger partial charge >= 0.3 is 0 Å². The lowest BCUT2D eigenvalue weighted by atomic mass is 10.2.